The molecule has 2 heterocycles. The largest absolute Gasteiger partial charge is 0.379 e. The summed E-state index contributed by atoms with van der Waals surface area (Å²) in [6.45, 7) is -3.67. The molecule has 0 spiro atoms. The first-order valence-corrected chi connectivity index (χ1v) is 6.06. The fraction of sp³-hybridized carbons (Fsp3) is 0.111. The highest BCUT2D eigenvalue weighted by Gasteiger charge is 2.02. The summed E-state index contributed by atoms with van der Waals surface area (Å²) >= 11 is 7.04. The van der Waals surface area contributed by atoms with E-state index >= 15 is 0 Å². The van der Waals surface area contributed by atoms with Crippen LogP contribution in [0.15, 0.2) is 33.9 Å². The van der Waals surface area contributed by atoms with E-state index in [0.29, 0.717) is 0 Å². The van der Waals surface area contributed by atoms with Crippen molar-refractivity contribution in [3.8, 4) is 9.75 Å². The van der Waals surface area contributed by atoms with Gasteiger partial charge in [-0.25, -0.2) is 0 Å². The van der Waals surface area contributed by atoms with Gasteiger partial charge < -0.3 is 0 Å². The molecule has 0 N–H and O–H groups in total. The third-order valence-electron chi connectivity index (χ3n) is 1.37. The second-order valence-corrected chi connectivity index (χ2v) is 5.32. The Morgan fingerprint density at radius 1 is 1.07 bits per heavy atom. The topological polar surface area (TPSA) is 0 Å². The zero-order chi connectivity index (χ0) is 11.3. The first-order valence-electron chi connectivity index (χ1n) is 3.87. The van der Waals surface area contributed by atoms with E-state index in [1.54, 1.807) is 22.7 Å². The van der Waals surface area contributed by atoms with Gasteiger partial charge in [0.05, 0.1) is 0 Å². The zero-order valence-electron chi connectivity index (χ0n) is 7.41. The molecular formula is C9H8F3S3+. The van der Waals surface area contributed by atoms with E-state index in [4.69, 9.17) is 0 Å². The normalized spacial score (nSPS) is 9.93. The average Bonchev–Trinajstić information content (AvgIpc) is 2.71. The van der Waals surface area contributed by atoms with E-state index in [-0.39, 0.29) is 0 Å². The lowest BCUT2D eigenvalue weighted by molar-refractivity contribution is 0.00819. The molecule has 0 unspecified atom stereocenters. The fourth-order valence-corrected chi connectivity index (χ4v) is 2.89. The monoisotopic (exact) mass is 269 g/mol. The van der Waals surface area contributed by atoms with Gasteiger partial charge in [-0.2, -0.15) is 13.2 Å². The molecule has 0 fully saturated rings. The minimum absolute atomic E-state index is 1.19. The maximum Gasteiger partial charge on any atom is 0.379 e. The molecule has 0 aromatic carbocycles. The number of thiophene rings is 2. The Bertz CT molecular complexity index is 378. The van der Waals surface area contributed by atoms with E-state index in [1.165, 1.54) is 14.0 Å². The van der Waals surface area contributed by atoms with Gasteiger partial charge in [0.1, 0.15) is 0 Å². The van der Waals surface area contributed by atoms with Gasteiger partial charge in [-0.05, 0) is 17.5 Å². The Labute approximate surface area is 98.8 Å². The van der Waals surface area contributed by atoms with Crippen LogP contribution in [0.1, 0.15) is 0 Å². The highest BCUT2D eigenvalue weighted by Crippen LogP contribution is 2.30. The van der Waals surface area contributed by atoms with Crippen molar-refractivity contribution in [2.75, 3.05) is 0 Å². The van der Waals surface area contributed by atoms with Crippen molar-refractivity contribution in [1.29, 1.82) is 0 Å². The van der Waals surface area contributed by atoms with Gasteiger partial charge in [0.2, 0.25) is 4.21 Å². The van der Waals surface area contributed by atoms with Crippen molar-refractivity contribution in [2.45, 2.75) is 10.9 Å². The Balaban J connectivity index is 0.000000245. The van der Waals surface area contributed by atoms with Crippen molar-refractivity contribution in [3.05, 3.63) is 29.6 Å². The molecule has 0 aliphatic rings. The van der Waals surface area contributed by atoms with Crippen LogP contribution in [0, 0.1) is 0 Å². The molecule has 6 heteroatoms. The van der Waals surface area contributed by atoms with Crippen molar-refractivity contribution < 1.29 is 13.2 Å². The van der Waals surface area contributed by atoms with E-state index in [9.17, 15) is 13.2 Å². The summed E-state index contributed by atoms with van der Waals surface area (Å²) in [5.74, 6) is 0. The molecule has 0 atom stereocenters. The number of alkyl halides is 3. The third kappa shape index (κ3) is 4.72. The van der Waals surface area contributed by atoms with Crippen LogP contribution in [0.4, 0.5) is 13.2 Å². The second-order valence-electron chi connectivity index (χ2n) is 2.39. The molecule has 0 saturated carbocycles. The summed E-state index contributed by atoms with van der Waals surface area (Å²) in [6, 6.07) is 8.44. The van der Waals surface area contributed by atoms with Gasteiger partial charge in [-0.15, -0.1) is 11.3 Å². The number of hydrogen-bond acceptors (Lipinski definition) is 2. The van der Waals surface area contributed by atoms with Gasteiger partial charge >= 0.3 is 6.68 Å². The minimum Gasteiger partial charge on any atom is -0.174 e. The minimum atomic E-state index is -3.67. The molecule has 0 saturated heterocycles. The van der Waals surface area contributed by atoms with Crippen molar-refractivity contribution in [3.63, 3.8) is 0 Å². The van der Waals surface area contributed by atoms with Crippen LogP contribution < -0.4 is 0 Å². The van der Waals surface area contributed by atoms with Crippen LogP contribution in [0.3, 0.4) is 0 Å². The SMILES string of the molecule is FC(F)F.[SH2+]c1ccc(-c2cccs2)s1. The standard InChI is InChI=1S/C8H6S3.CHF3/c9-8-4-3-7(11-8)6-2-1-5-10-6;2-1(3)4/h1-5,9H;1H/p+1. The van der Waals surface area contributed by atoms with Gasteiger partial charge in [0, 0.05) is 28.4 Å². The molecule has 82 valence electrons. The lowest BCUT2D eigenvalue weighted by atomic mass is 10.4. The van der Waals surface area contributed by atoms with Crippen LogP contribution >= 0.6 is 22.7 Å². The average molecular weight is 269 g/mol. The number of rotatable bonds is 1. The third-order valence-corrected chi connectivity index (χ3v) is 3.81. The first kappa shape index (κ1) is 12.6. The second kappa shape index (κ2) is 6.19. The lowest BCUT2D eigenvalue weighted by Gasteiger charge is -1.84. The molecule has 0 aliphatic carbocycles. The molecule has 0 amide bonds. The summed E-state index contributed by atoms with van der Waals surface area (Å²) in [6.07, 6.45) is 0. The first-order chi connectivity index (χ1) is 7.09. The maximum atomic E-state index is 9.67. The van der Waals surface area contributed by atoms with Crippen LogP contribution in [-0.4, -0.2) is 6.68 Å². The summed E-state index contributed by atoms with van der Waals surface area (Å²) in [5.41, 5.74) is 0. The van der Waals surface area contributed by atoms with E-state index in [1.807, 2.05) is 0 Å². The Morgan fingerprint density at radius 2 is 1.73 bits per heavy atom. The number of halogens is 3. The van der Waals surface area contributed by atoms with Crippen LogP contribution in [0.2, 0.25) is 0 Å². The Hall–Kier alpha value is -0.460. The van der Waals surface area contributed by atoms with Crippen LogP contribution in [0.25, 0.3) is 9.75 Å². The molecule has 0 radical (unpaired) electrons. The maximum absolute atomic E-state index is 9.67. The number of hydrogen-bond donors (Lipinski definition) is 0. The molecular weight excluding hydrogens is 261 g/mol. The smallest absolute Gasteiger partial charge is 0.174 e. The van der Waals surface area contributed by atoms with Gasteiger partial charge in [-0.3, -0.25) is 0 Å². The van der Waals surface area contributed by atoms with Crippen molar-refractivity contribution in [1.82, 2.24) is 0 Å². The van der Waals surface area contributed by atoms with Gasteiger partial charge in [0.25, 0.3) is 0 Å². The van der Waals surface area contributed by atoms with Crippen LogP contribution in [0.5, 0.6) is 0 Å². The van der Waals surface area contributed by atoms with E-state index < -0.39 is 6.68 Å². The molecule has 0 nitrogen and oxygen atoms in total. The summed E-state index contributed by atoms with van der Waals surface area (Å²) < 4.78 is 30.2. The van der Waals surface area contributed by atoms with Crippen LogP contribution in [-0.2, 0) is 12.6 Å². The highest BCUT2D eigenvalue weighted by molar-refractivity contribution is 7.63. The summed E-state index contributed by atoms with van der Waals surface area (Å²) in [4.78, 5) is 2.68. The van der Waals surface area contributed by atoms with Gasteiger partial charge in [-0.1, -0.05) is 17.4 Å². The molecule has 15 heavy (non-hydrogen) atoms. The predicted octanol–water partition coefficient (Wildman–Crippen LogP) is 4.03. The molecule has 2 aromatic heterocycles. The highest BCUT2D eigenvalue weighted by atomic mass is 32.2. The Kier molecular flexibility index (Phi) is 5.21. The molecule has 2 rings (SSSR count). The summed E-state index contributed by atoms with van der Waals surface area (Å²) in [5, 5.41) is 2.10. The summed E-state index contributed by atoms with van der Waals surface area (Å²) in [7, 11) is 0. The molecule has 2 aromatic rings. The van der Waals surface area contributed by atoms with E-state index in [2.05, 4.69) is 42.3 Å². The fourth-order valence-electron chi connectivity index (χ4n) is 0.889. The predicted molar refractivity (Wildman–Crippen MR) is 63.2 cm³/mol. The Morgan fingerprint density at radius 3 is 2.13 bits per heavy atom. The zero-order valence-corrected chi connectivity index (χ0v) is 10.0. The van der Waals surface area contributed by atoms with Crippen molar-refractivity contribution in [2.24, 2.45) is 0 Å². The molecule has 0 aliphatic heterocycles. The van der Waals surface area contributed by atoms with Crippen molar-refractivity contribution >= 4 is 35.3 Å². The quantitative estimate of drug-likeness (QED) is 0.686. The lowest BCUT2D eigenvalue weighted by Crippen LogP contribution is -1.65. The molecule has 0 bridgehead atoms. The van der Waals surface area contributed by atoms with E-state index in [0.717, 1.165) is 0 Å². The van der Waals surface area contributed by atoms with Gasteiger partial charge in [0.15, 0.2) is 0 Å².